The number of benzene rings is 2. The number of hydrogen-bond donors (Lipinski definition) is 1. The molecule has 2 heterocycles. The summed E-state index contributed by atoms with van der Waals surface area (Å²) in [6.45, 7) is 0. The Morgan fingerprint density at radius 3 is 2.52 bits per heavy atom. The summed E-state index contributed by atoms with van der Waals surface area (Å²) in [7, 11) is 3.09. The van der Waals surface area contributed by atoms with Crippen molar-refractivity contribution < 1.29 is 18.7 Å². The lowest BCUT2D eigenvalue weighted by Gasteiger charge is -2.07. The molecule has 1 amide bonds. The van der Waals surface area contributed by atoms with Gasteiger partial charge in [0.2, 0.25) is 5.88 Å². The van der Waals surface area contributed by atoms with Gasteiger partial charge in [0.05, 0.1) is 37.4 Å². The smallest absolute Gasteiger partial charge is 0.259 e. The first-order valence-corrected chi connectivity index (χ1v) is 9.39. The molecule has 8 heteroatoms. The lowest BCUT2D eigenvalue weighted by Crippen LogP contribution is -2.12. The molecule has 2 aromatic carbocycles. The van der Waals surface area contributed by atoms with Crippen LogP contribution < -0.4 is 14.8 Å². The van der Waals surface area contributed by atoms with Crippen molar-refractivity contribution >= 4 is 11.6 Å². The molecule has 0 unspecified atom stereocenters. The first-order valence-electron chi connectivity index (χ1n) is 9.39. The predicted octanol–water partition coefficient (Wildman–Crippen LogP) is 4.34. The van der Waals surface area contributed by atoms with E-state index in [1.54, 1.807) is 43.6 Å². The number of pyridine rings is 1. The zero-order valence-corrected chi connectivity index (χ0v) is 16.9. The van der Waals surface area contributed by atoms with E-state index in [0.717, 1.165) is 0 Å². The van der Waals surface area contributed by atoms with E-state index >= 15 is 0 Å². The Balaban J connectivity index is 1.74. The topological polar surface area (TPSA) is 78.3 Å². The molecule has 0 aliphatic rings. The Kier molecular flexibility index (Phi) is 5.61. The molecule has 156 valence electrons. The summed E-state index contributed by atoms with van der Waals surface area (Å²) < 4.78 is 25.2. The molecule has 0 spiro atoms. The van der Waals surface area contributed by atoms with Crippen molar-refractivity contribution in [2.24, 2.45) is 0 Å². The van der Waals surface area contributed by atoms with Gasteiger partial charge in [-0.2, -0.15) is 5.10 Å². The molecular formula is C23H19FN4O3. The monoisotopic (exact) mass is 418 g/mol. The number of hydrogen-bond acceptors (Lipinski definition) is 5. The fourth-order valence-corrected chi connectivity index (χ4v) is 3.02. The lowest BCUT2D eigenvalue weighted by molar-refractivity contribution is 0.102. The fourth-order valence-electron chi connectivity index (χ4n) is 3.02. The Bertz CT molecular complexity index is 1200. The third kappa shape index (κ3) is 4.37. The van der Waals surface area contributed by atoms with E-state index in [4.69, 9.17) is 9.47 Å². The van der Waals surface area contributed by atoms with Gasteiger partial charge in [0.1, 0.15) is 17.3 Å². The standard InChI is InChI=1S/C23H19FN4O3/c1-30-19-5-3-4-15(12-19)22-20(14-28(27-22)18-9-6-16(24)7-10-18)23(29)26-17-8-11-21(31-2)25-13-17/h3-14H,1-2H3,(H,26,29). The Hall–Kier alpha value is -4.20. The van der Waals surface area contributed by atoms with E-state index in [9.17, 15) is 9.18 Å². The summed E-state index contributed by atoms with van der Waals surface area (Å²) in [6, 6.07) is 16.5. The number of methoxy groups -OCH3 is 2. The Labute approximate surface area is 178 Å². The third-order valence-corrected chi connectivity index (χ3v) is 4.60. The van der Waals surface area contributed by atoms with Gasteiger partial charge in [-0.15, -0.1) is 0 Å². The van der Waals surface area contributed by atoms with Gasteiger partial charge in [-0.05, 0) is 42.5 Å². The molecule has 0 saturated carbocycles. The molecule has 31 heavy (non-hydrogen) atoms. The first kappa shape index (κ1) is 20.1. The van der Waals surface area contributed by atoms with Gasteiger partial charge in [0.25, 0.3) is 5.91 Å². The second-order valence-electron chi connectivity index (χ2n) is 6.59. The largest absolute Gasteiger partial charge is 0.497 e. The number of halogens is 1. The third-order valence-electron chi connectivity index (χ3n) is 4.60. The summed E-state index contributed by atoms with van der Waals surface area (Å²) in [5.74, 6) is 0.366. The van der Waals surface area contributed by atoms with Crippen molar-refractivity contribution in [2.45, 2.75) is 0 Å². The van der Waals surface area contributed by atoms with Crippen molar-refractivity contribution in [1.82, 2.24) is 14.8 Å². The summed E-state index contributed by atoms with van der Waals surface area (Å²) in [5.41, 5.74) is 2.64. The van der Waals surface area contributed by atoms with Crippen molar-refractivity contribution in [3.8, 4) is 28.6 Å². The van der Waals surface area contributed by atoms with Crippen molar-refractivity contribution in [1.29, 1.82) is 0 Å². The van der Waals surface area contributed by atoms with Gasteiger partial charge in [-0.1, -0.05) is 12.1 Å². The number of amides is 1. The van der Waals surface area contributed by atoms with Gasteiger partial charge in [0, 0.05) is 17.8 Å². The molecule has 4 aromatic rings. The zero-order chi connectivity index (χ0) is 21.8. The van der Waals surface area contributed by atoms with Gasteiger partial charge in [0.15, 0.2) is 0 Å². The van der Waals surface area contributed by atoms with Crippen molar-refractivity contribution in [3.05, 3.63) is 84.4 Å². The summed E-state index contributed by atoms with van der Waals surface area (Å²) >= 11 is 0. The highest BCUT2D eigenvalue weighted by atomic mass is 19.1. The minimum absolute atomic E-state index is 0.341. The van der Waals surface area contributed by atoms with E-state index in [0.29, 0.717) is 39.8 Å². The minimum Gasteiger partial charge on any atom is -0.497 e. The highest BCUT2D eigenvalue weighted by molar-refractivity contribution is 6.08. The summed E-state index contributed by atoms with van der Waals surface area (Å²) in [4.78, 5) is 17.2. The van der Waals surface area contributed by atoms with E-state index in [-0.39, 0.29) is 11.7 Å². The maximum absolute atomic E-state index is 13.3. The number of ether oxygens (including phenoxy) is 2. The zero-order valence-electron chi connectivity index (χ0n) is 16.9. The normalized spacial score (nSPS) is 10.5. The SMILES string of the molecule is COc1cccc(-c2nn(-c3ccc(F)cc3)cc2C(=O)Nc2ccc(OC)nc2)c1. The molecule has 4 rings (SSSR count). The second kappa shape index (κ2) is 8.66. The Morgan fingerprint density at radius 2 is 1.84 bits per heavy atom. The molecule has 0 bridgehead atoms. The molecule has 0 saturated heterocycles. The van der Waals surface area contributed by atoms with Gasteiger partial charge >= 0.3 is 0 Å². The van der Waals surface area contributed by atoms with Gasteiger partial charge < -0.3 is 14.8 Å². The number of carbonyl (C=O) groups excluding carboxylic acids is 1. The fraction of sp³-hybridized carbons (Fsp3) is 0.0870. The van der Waals surface area contributed by atoms with E-state index in [1.165, 1.54) is 30.1 Å². The van der Waals surface area contributed by atoms with Crippen LogP contribution in [0.3, 0.4) is 0 Å². The molecule has 0 atom stereocenters. The average molecular weight is 418 g/mol. The number of rotatable bonds is 6. The van der Waals surface area contributed by atoms with Crippen LogP contribution in [0.5, 0.6) is 11.6 Å². The van der Waals surface area contributed by atoms with Crippen LogP contribution in [0.2, 0.25) is 0 Å². The number of carbonyl (C=O) groups is 1. The average Bonchev–Trinajstić information content (AvgIpc) is 3.26. The lowest BCUT2D eigenvalue weighted by atomic mass is 10.1. The van der Waals surface area contributed by atoms with Crippen molar-refractivity contribution in [3.63, 3.8) is 0 Å². The van der Waals surface area contributed by atoms with E-state index < -0.39 is 0 Å². The van der Waals surface area contributed by atoms with Crippen LogP contribution in [0, 0.1) is 5.82 Å². The van der Waals surface area contributed by atoms with E-state index in [1.807, 2.05) is 18.2 Å². The maximum Gasteiger partial charge on any atom is 0.259 e. The Morgan fingerprint density at radius 1 is 1.03 bits per heavy atom. The highest BCUT2D eigenvalue weighted by Crippen LogP contribution is 2.28. The van der Waals surface area contributed by atoms with Gasteiger partial charge in [-0.3, -0.25) is 4.79 Å². The predicted molar refractivity (Wildman–Crippen MR) is 114 cm³/mol. The summed E-state index contributed by atoms with van der Waals surface area (Å²) in [5, 5.41) is 7.41. The molecule has 7 nitrogen and oxygen atoms in total. The summed E-state index contributed by atoms with van der Waals surface area (Å²) in [6.07, 6.45) is 3.11. The molecule has 0 radical (unpaired) electrons. The molecular weight excluding hydrogens is 399 g/mol. The van der Waals surface area contributed by atoms with Crippen LogP contribution in [0.1, 0.15) is 10.4 Å². The van der Waals surface area contributed by atoms with Crippen LogP contribution in [0.4, 0.5) is 10.1 Å². The van der Waals surface area contributed by atoms with E-state index in [2.05, 4.69) is 15.4 Å². The number of nitrogens with zero attached hydrogens (tertiary/aromatic N) is 3. The maximum atomic E-state index is 13.3. The molecule has 2 aromatic heterocycles. The number of aromatic nitrogens is 3. The highest BCUT2D eigenvalue weighted by Gasteiger charge is 2.19. The van der Waals surface area contributed by atoms with Gasteiger partial charge in [-0.25, -0.2) is 14.1 Å². The minimum atomic E-state index is -0.363. The van der Waals surface area contributed by atoms with Crippen LogP contribution in [0.15, 0.2) is 73.1 Å². The van der Waals surface area contributed by atoms with Crippen LogP contribution in [-0.2, 0) is 0 Å². The molecule has 1 N–H and O–H groups in total. The quantitative estimate of drug-likeness (QED) is 0.504. The van der Waals surface area contributed by atoms with Crippen LogP contribution in [-0.4, -0.2) is 34.9 Å². The number of nitrogens with one attached hydrogen (secondary N) is 1. The molecule has 0 fully saturated rings. The number of anilines is 1. The molecule has 0 aliphatic heterocycles. The van der Waals surface area contributed by atoms with Crippen molar-refractivity contribution in [2.75, 3.05) is 19.5 Å². The van der Waals surface area contributed by atoms with Crippen LogP contribution >= 0.6 is 0 Å². The van der Waals surface area contributed by atoms with Crippen LogP contribution in [0.25, 0.3) is 16.9 Å². The first-order chi connectivity index (χ1) is 15.1. The second-order valence-corrected chi connectivity index (χ2v) is 6.59. The molecule has 0 aliphatic carbocycles.